The van der Waals surface area contributed by atoms with E-state index in [1.807, 2.05) is 39.0 Å². The number of fused-ring (bicyclic) bond motifs is 2. The minimum atomic E-state index is -0.536. The van der Waals surface area contributed by atoms with Crippen LogP contribution in [0.25, 0.3) is 0 Å². The summed E-state index contributed by atoms with van der Waals surface area (Å²) in [7, 11) is 0. The average Bonchev–Trinajstić information content (AvgIpc) is 3.28. The molecule has 2 aliphatic heterocycles. The largest absolute Gasteiger partial charge is 0.490 e. The zero-order valence-corrected chi connectivity index (χ0v) is 17.2. The van der Waals surface area contributed by atoms with Crippen molar-refractivity contribution in [3.63, 3.8) is 0 Å². The van der Waals surface area contributed by atoms with Crippen molar-refractivity contribution in [3.8, 4) is 11.8 Å². The second-order valence-electron chi connectivity index (χ2n) is 8.44. The van der Waals surface area contributed by atoms with E-state index in [9.17, 15) is 14.9 Å². The molecular weight excluding hydrogens is 392 g/mol. The monoisotopic (exact) mass is 416 g/mol. The summed E-state index contributed by atoms with van der Waals surface area (Å²) in [6.07, 6.45) is 1.47. The Morgan fingerprint density at radius 1 is 1.33 bits per heavy atom. The first-order chi connectivity index (χ1) is 14.2. The van der Waals surface area contributed by atoms with Crippen LogP contribution in [-0.2, 0) is 24.4 Å². The van der Waals surface area contributed by atoms with E-state index < -0.39 is 10.5 Å². The molecule has 4 rings (SSSR count). The van der Waals surface area contributed by atoms with Gasteiger partial charge < -0.3 is 24.3 Å². The van der Waals surface area contributed by atoms with E-state index in [0.29, 0.717) is 38.4 Å². The number of aromatic nitrogens is 2. The zero-order valence-electron chi connectivity index (χ0n) is 17.2. The number of benzene rings is 1. The van der Waals surface area contributed by atoms with Crippen LogP contribution in [0.2, 0.25) is 0 Å². The maximum Gasteiger partial charge on any atom is 0.414 e. The van der Waals surface area contributed by atoms with Gasteiger partial charge in [0, 0.05) is 31.0 Å². The second-order valence-corrected chi connectivity index (χ2v) is 8.44. The molecular formula is C20H24N4O6. The average molecular weight is 416 g/mol. The third-order valence-corrected chi connectivity index (χ3v) is 4.87. The molecule has 10 nitrogen and oxygen atoms in total. The summed E-state index contributed by atoms with van der Waals surface area (Å²) in [4.78, 5) is 28.2. The number of nitro groups is 1. The molecule has 1 amide bonds. The molecule has 10 heteroatoms. The second kappa shape index (κ2) is 7.51. The number of carbonyl (C=O) groups excluding carboxylic acids is 1. The van der Waals surface area contributed by atoms with Crippen molar-refractivity contribution in [3.05, 3.63) is 45.6 Å². The number of carbonyl (C=O) groups is 1. The van der Waals surface area contributed by atoms with Crippen LogP contribution in [-0.4, -0.2) is 43.8 Å². The summed E-state index contributed by atoms with van der Waals surface area (Å²) in [5, 5.41) is 10.9. The van der Waals surface area contributed by atoms with Crippen molar-refractivity contribution in [2.45, 2.75) is 58.5 Å². The molecule has 2 aromatic rings. The molecule has 0 saturated carbocycles. The summed E-state index contributed by atoms with van der Waals surface area (Å²) < 4.78 is 18.7. The Morgan fingerprint density at radius 2 is 2.10 bits per heavy atom. The molecule has 0 fully saturated rings. The number of hydrogen-bond acceptors (Lipinski definition) is 7. The van der Waals surface area contributed by atoms with Crippen LogP contribution in [0.5, 0.6) is 11.8 Å². The molecule has 0 aliphatic carbocycles. The number of amides is 1. The molecule has 30 heavy (non-hydrogen) atoms. The normalized spacial score (nSPS) is 17.7. The molecule has 0 radical (unpaired) electrons. The molecule has 1 aromatic carbocycles. The molecule has 1 unspecified atom stereocenters. The molecule has 0 N–H and O–H groups in total. The number of ether oxygens (including phenoxy) is 3. The van der Waals surface area contributed by atoms with Crippen LogP contribution in [0, 0.1) is 10.1 Å². The third kappa shape index (κ3) is 4.32. The van der Waals surface area contributed by atoms with Gasteiger partial charge in [-0.2, -0.15) is 0 Å². The summed E-state index contributed by atoms with van der Waals surface area (Å²) in [6.45, 7) is 7.41. The fourth-order valence-corrected chi connectivity index (χ4v) is 3.44. The Morgan fingerprint density at radius 3 is 2.83 bits per heavy atom. The Bertz CT molecular complexity index is 980. The van der Waals surface area contributed by atoms with Crippen molar-refractivity contribution in [1.82, 2.24) is 14.5 Å². The van der Waals surface area contributed by atoms with Gasteiger partial charge in [-0.1, -0.05) is 6.07 Å². The van der Waals surface area contributed by atoms with Gasteiger partial charge in [0.1, 0.15) is 30.3 Å². The fourth-order valence-electron chi connectivity index (χ4n) is 3.44. The van der Waals surface area contributed by atoms with Crippen molar-refractivity contribution < 1.29 is 23.9 Å². The van der Waals surface area contributed by atoms with Crippen LogP contribution >= 0.6 is 0 Å². The zero-order chi connectivity index (χ0) is 21.5. The first-order valence-corrected chi connectivity index (χ1v) is 9.79. The van der Waals surface area contributed by atoms with E-state index in [4.69, 9.17) is 14.2 Å². The van der Waals surface area contributed by atoms with Crippen LogP contribution < -0.4 is 9.47 Å². The molecule has 1 atom stereocenters. The number of aryl methyl sites for hydroxylation is 1. The number of hydrogen-bond donors (Lipinski definition) is 0. The quantitative estimate of drug-likeness (QED) is 0.556. The van der Waals surface area contributed by atoms with Gasteiger partial charge in [-0.05, 0) is 49.0 Å². The van der Waals surface area contributed by atoms with Crippen molar-refractivity contribution in [2.24, 2.45) is 0 Å². The van der Waals surface area contributed by atoms with Crippen molar-refractivity contribution in [1.29, 1.82) is 0 Å². The fraction of sp³-hybridized carbons (Fsp3) is 0.500. The lowest BCUT2D eigenvalue weighted by atomic mass is 10.1. The summed E-state index contributed by atoms with van der Waals surface area (Å²) in [6, 6.07) is 5.98. The highest BCUT2D eigenvalue weighted by Crippen LogP contribution is 2.29. The van der Waals surface area contributed by atoms with Gasteiger partial charge in [0.15, 0.2) is 0 Å². The van der Waals surface area contributed by atoms with Gasteiger partial charge in [-0.25, -0.2) is 4.79 Å². The van der Waals surface area contributed by atoms with Crippen LogP contribution in [0.3, 0.4) is 0 Å². The lowest BCUT2D eigenvalue weighted by Crippen LogP contribution is -2.33. The lowest BCUT2D eigenvalue weighted by Gasteiger charge is -2.24. The first kappa shape index (κ1) is 20.0. The molecule has 3 heterocycles. The summed E-state index contributed by atoms with van der Waals surface area (Å²) >= 11 is 0. The number of imidazole rings is 1. The van der Waals surface area contributed by atoms with Crippen molar-refractivity contribution >= 4 is 11.9 Å². The Balaban J connectivity index is 1.34. The highest BCUT2D eigenvalue weighted by atomic mass is 16.6. The molecule has 2 aliphatic rings. The highest BCUT2D eigenvalue weighted by Gasteiger charge is 2.30. The van der Waals surface area contributed by atoms with E-state index in [1.165, 1.54) is 6.20 Å². The summed E-state index contributed by atoms with van der Waals surface area (Å²) in [5.74, 6) is 0.461. The van der Waals surface area contributed by atoms with E-state index in [2.05, 4.69) is 4.98 Å². The minimum absolute atomic E-state index is 0.222. The van der Waals surface area contributed by atoms with Gasteiger partial charge in [-0.15, -0.1) is 0 Å². The van der Waals surface area contributed by atoms with Gasteiger partial charge in [0.05, 0.1) is 0 Å². The summed E-state index contributed by atoms with van der Waals surface area (Å²) in [5.41, 5.74) is 1.56. The molecule has 0 spiro atoms. The number of rotatable bonds is 4. The number of nitrogens with zero attached hydrogens (tertiary/aromatic N) is 4. The smallest absolute Gasteiger partial charge is 0.414 e. The highest BCUT2D eigenvalue weighted by molar-refractivity contribution is 5.69. The van der Waals surface area contributed by atoms with Gasteiger partial charge in [0.2, 0.25) is 0 Å². The Labute approximate surface area is 173 Å². The molecule has 1 aromatic heterocycles. The third-order valence-electron chi connectivity index (χ3n) is 4.87. The van der Waals surface area contributed by atoms with Crippen molar-refractivity contribution in [2.75, 3.05) is 6.61 Å². The topological polar surface area (TPSA) is 109 Å². The Kier molecular flexibility index (Phi) is 5.00. The van der Waals surface area contributed by atoms with Crippen LogP contribution in [0.15, 0.2) is 24.4 Å². The predicted octanol–water partition coefficient (Wildman–Crippen LogP) is 3.27. The first-order valence-electron chi connectivity index (χ1n) is 9.79. The molecule has 160 valence electrons. The van der Waals surface area contributed by atoms with Gasteiger partial charge in [-0.3, -0.25) is 9.47 Å². The van der Waals surface area contributed by atoms with Gasteiger partial charge >= 0.3 is 17.9 Å². The van der Waals surface area contributed by atoms with Crippen LogP contribution in [0.4, 0.5) is 10.6 Å². The molecule has 0 saturated heterocycles. The van der Waals surface area contributed by atoms with E-state index in [1.54, 1.807) is 9.47 Å². The van der Waals surface area contributed by atoms with E-state index in [0.717, 1.165) is 11.1 Å². The Hall–Kier alpha value is -3.30. The SMILES string of the molecule is CC(C)(C)OC(=O)N1Cc2ccc(OCC3CCn4cc([N+](=O)[O-])nc4O3)cc2C1. The van der Waals surface area contributed by atoms with E-state index in [-0.39, 0.29) is 24.0 Å². The van der Waals surface area contributed by atoms with Crippen LogP contribution in [0.1, 0.15) is 38.3 Å². The standard InChI is InChI=1S/C20H24N4O6/c1-20(2,3)30-19(25)23-9-13-4-5-15(8-14(13)10-23)28-12-16-6-7-22-11-17(24(26)27)21-18(22)29-16/h4-5,8,11,16H,6-7,9-10,12H2,1-3H3. The van der Waals surface area contributed by atoms with E-state index >= 15 is 0 Å². The lowest BCUT2D eigenvalue weighted by molar-refractivity contribution is -0.389. The molecule has 0 bridgehead atoms. The van der Waals surface area contributed by atoms with Gasteiger partial charge in [0.25, 0.3) is 0 Å². The maximum absolute atomic E-state index is 12.3. The minimum Gasteiger partial charge on any atom is -0.490 e. The maximum atomic E-state index is 12.3. The predicted molar refractivity (Wildman–Crippen MR) is 105 cm³/mol.